The third-order valence-corrected chi connectivity index (χ3v) is 4.97. The van der Waals surface area contributed by atoms with E-state index in [2.05, 4.69) is 20.7 Å². The number of carbonyl (C=O) groups excluding carboxylic acids is 2. The van der Waals surface area contributed by atoms with E-state index in [1.165, 1.54) is 16.3 Å². The fourth-order valence-corrected chi connectivity index (χ4v) is 3.43. The molecule has 3 aromatic rings. The zero-order chi connectivity index (χ0) is 19.5. The van der Waals surface area contributed by atoms with Gasteiger partial charge in [0.1, 0.15) is 11.0 Å². The number of nitrogens with one attached hydrogen (secondary N) is 2. The van der Waals surface area contributed by atoms with E-state index in [4.69, 9.17) is 0 Å². The highest BCUT2D eigenvalue weighted by Crippen LogP contribution is 2.24. The molecule has 0 aliphatic carbocycles. The van der Waals surface area contributed by atoms with Gasteiger partial charge < -0.3 is 5.32 Å². The molecule has 2 heterocycles. The molecule has 0 radical (unpaired) electrons. The summed E-state index contributed by atoms with van der Waals surface area (Å²) in [4.78, 5) is 33.7. The summed E-state index contributed by atoms with van der Waals surface area (Å²) >= 11 is 1.53. The van der Waals surface area contributed by atoms with Crippen LogP contribution in [0, 0.1) is 0 Å². The van der Waals surface area contributed by atoms with Crippen LogP contribution in [0.3, 0.4) is 0 Å². The number of thiazole rings is 1. The average molecular weight is 391 g/mol. The Labute approximate surface area is 165 Å². The molecule has 1 unspecified atom stereocenters. The van der Waals surface area contributed by atoms with Gasteiger partial charge in [0.05, 0.1) is 5.69 Å². The second-order valence-corrected chi connectivity index (χ2v) is 7.04. The standard InChI is InChI=1S/C20H17N5O2S/c1-13-20(27)25(16-8-3-2-4-9-16)24-17(22-13)18(26)23-15-7-5-6-14(12-15)19-21-10-11-28-19/h2-13H,1H3,(H,22,24)(H,23,26). The summed E-state index contributed by atoms with van der Waals surface area (Å²) in [5.74, 6) is -0.569. The Bertz CT molecular complexity index is 1030. The number of carbonyl (C=O) groups is 2. The van der Waals surface area contributed by atoms with Crippen LogP contribution in [0.5, 0.6) is 0 Å². The van der Waals surface area contributed by atoms with Crippen LogP contribution in [0.4, 0.5) is 11.4 Å². The molecule has 28 heavy (non-hydrogen) atoms. The number of aromatic nitrogens is 1. The number of amidine groups is 1. The highest BCUT2D eigenvalue weighted by atomic mass is 32.1. The lowest BCUT2D eigenvalue weighted by Crippen LogP contribution is -2.57. The lowest BCUT2D eigenvalue weighted by Gasteiger charge is -2.30. The Balaban J connectivity index is 1.54. The second kappa shape index (κ2) is 7.61. The number of benzene rings is 2. The predicted octanol–water partition coefficient (Wildman–Crippen LogP) is 3.09. The summed E-state index contributed by atoms with van der Waals surface area (Å²) in [6.45, 7) is 1.66. The minimum absolute atomic E-state index is 0.0793. The summed E-state index contributed by atoms with van der Waals surface area (Å²) in [7, 11) is 0. The van der Waals surface area contributed by atoms with E-state index in [-0.39, 0.29) is 11.7 Å². The number of rotatable bonds is 4. The largest absolute Gasteiger partial charge is 0.319 e. The van der Waals surface area contributed by atoms with Crippen molar-refractivity contribution in [1.29, 1.82) is 0 Å². The molecule has 1 aliphatic rings. The summed E-state index contributed by atoms with van der Waals surface area (Å²) < 4.78 is 0. The molecule has 0 bridgehead atoms. The van der Waals surface area contributed by atoms with E-state index >= 15 is 0 Å². The van der Waals surface area contributed by atoms with E-state index in [0.717, 1.165) is 10.6 Å². The third-order valence-electron chi connectivity index (χ3n) is 4.15. The van der Waals surface area contributed by atoms with Crippen LogP contribution in [-0.4, -0.2) is 28.7 Å². The van der Waals surface area contributed by atoms with Crippen molar-refractivity contribution in [2.75, 3.05) is 10.3 Å². The monoisotopic (exact) mass is 391 g/mol. The summed E-state index contributed by atoms with van der Waals surface area (Å²) in [6.07, 6.45) is 1.74. The van der Waals surface area contributed by atoms with Crippen LogP contribution < -0.4 is 15.8 Å². The molecule has 2 N–H and O–H groups in total. The van der Waals surface area contributed by atoms with Gasteiger partial charge in [-0.1, -0.05) is 30.3 Å². The van der Waals surface area contributed by atoms with Crippen LogP contribution in [0.15, 0.2) is 71.2 Å². The molecule has 0 fully saturated rings. The topological polar surface area (TPSA) is 86.7 Å². The first kappa shape index (κ1) is 17.9. The quantitative estimate of drug-likeness (QED) is 0.716. The van der Waals surface area contributed by atoms with Gasteiger partial charge in [0.25, 0.3) is 11.8 Å². The number of para-hydroxylation sites is 1. The van der Waals surface area contributed by atoms with Crippen molar-refractivity contribution in [2.24, 2.45) is 4.99 Å². The molecule has 7 nitrogen and oxygen atoms in total. The number of hydrogen-bond acceptors (Lipinski definition) is 6. The van der Waals surface area contributed by atoms with Crippen molar-refractivity contribution in [3.05, 3.63) is 66.2 Å². The van der Waals surface area contributed by atoms with E-state index in [1.54, 1.807) is 31.3 Å². The molecule has 2 amide bonds. The van der Waals surface area contributed by atoms with Crippen LogP contribution in [-0.2, 0) is 9.59 Å². The Morgan fingerprint density at radius 3 is 2.75 bits per heavy atom. The number of amides is 2. The molecule has 140 valence electrons. The third kappa shape index (κ3) is 3.63. The average Bonchev–Trinajstić information content (AvgIpc) is 3.26. The maximum Gasteiger partial charge on any atom is 0.292 e. The fraction of sp³-hybridized carbons (Fsp3) is 0.100. The van der Waals surface area contributed by atoms with E-state index < -0.39 is 11.9 Å². The minimum Gasteiger partial charge on any atom is -0.319 e. The van der Waals surface area contributed by atoms with Crippen molar-refractivity contribution < 1.29 is 9.59 Å². The molecule has 2 aromatic carbocycles. The Morgan fingerprint density at radius 2 is 2.00 bits per heavy atom. The second-order valence-electron chi connectivity index (χ2n) is 6.15. The van der Waals surface area contributed by atoms with Gasteiger partial charge in [-0.15, -0.1) is 11.3 Å². The fourth-order valence-electron chi connectivity index (χ4n) is 2.79. The minimum atomic E-state index is -0.663. The first-order valence-corrected chi connectivity index (χ1v) is 9.54. The van der Waals surface area contributed by atoms with E-state index in [1.807, 2.05) is 41.8 Å². The molecular weight excluding hydrogens is 374 g/mol. The lowest BCUT2D eigenvalue weighted by molar-refractivity contribution is -0.120. The molecule has 8 heteroatoms. The number of nitrogens with zero attached hydrogens (tertiary/aromatic N) is 3. The van der Waals surface area contributed by atoms with Gasteiger partial charge in [-0.2, -0.15) is 0 Å². The lowest BCUT2D eigenvalue weighted by atomic mass is 10.2. The van der Waals surface area contributed by atoms with Crippen LogP contribution in [0.2, 0.25) is 0 Å². The predicted molar refractivity (Wildman–Crippen MR) is 110 cm³/mol. The molecule has 1 aliphatic heterocycles. The van der Waals surface area contributed by atoms with Gasteiger partial charge in [0, 0.05) is 22.8 Å². The number of aliphatic imine (C=N–C) groups is 1. The maximum atomic E-state index is 12.7. The van der Waals surface area contributed by atoms with Gasteiger partial charge in [-0.05, 0) is 31.2 Å². The molecule has 1 aromatic heterocycles. The van der Waals surface area contributed by atoms with Crippen LogP contribution in [0.25, 0.3) is 10.6 Å². The molecule has 0 saturated carbocycles. The summed E-state index contributed by atoms with van der Waals surface area (Å²) in [6, 6.07) is 15.8. The number of hydrogen-bond donors (Lipinski definition) is 2. The molecule has 4 rings (SSSR count). The van der Waals surface area contributed by atoms with Crippen LogP contribution >= 0.6 is 11.3 Å². The number of anilines is 2. The molecule has 0 saturated heterocycles. The van der Waals surface area contributed by atoms with Crippen molar-refractivity contribution in [1.82, 2.24) is 10.4 Å². The molecule has 1 atom stereocenters. The Kier molecular flexibility index (Phi) is 4.86. The Morgan fingerprint density at radius 1 is 1.18 bits per heavy atom. The highest BCUT2D eigenvalue weighted by Gasteiger charge is 2.30. The van der Waals surface area contributed by atoms with Crippen molar-refractivity contribution in [2.45, 2.75) is 13.0 Å². The molecular formula is C20H17N5O2S. The van der Waals surface area contributed by atoms with Gasteiger partial charge >= 0.3 is 0 Å². The Hall–Kier alpha value is -3.52. The number of hydrazine groups is 1. The normalized spacial score (nSPS) is 16.3. The van der Waals surface area contributed by atoms with Crippen LogP contribution in [0.1, 0.15) is 6.92 Å². The SMILES string of the molecule is CC1N=C(C(=O)Nc2cccc(-c3nccs3)c2)NN(c2ccccc2)C1=O. The first-order chi connectivity index (χ1) is 13.6. The first-order valence-electron chi connectivity index (χ1n) is 8.66. The van der Waals surface area contributed by atoms with Crippen molar-refractivity contribution >= 4 is 40.4 Å². The summed E-state index contributed by atoms with van der Waals surface area (Å²) in [5.41, 5.74) is 5.01. The summed E-state index contributed by atoms with van der Waals surface area (Å²) in [5, 5.41) is 6.95. The maximum absolute atomic E-state index is 12.7. The van der Waals surface area contributed by atoms with Gasteiger partial charge in [0.15, 0.2) is 0 Å². The smallest absolute Gasteiger partial charge is 0.292 e. The van der Waals surface area contributed by atoms with Gasteiger partial charge in [-0.3, -0.25) is 15.0 Å². The zero-order valence-corrected chi connectivity index (χ0v) is 15.8. The molecule has 0 spiro atoms. The zero-order valence-electron chi connectivity index (χ0n) is 15.0. The van der Waals surface area contributed by atoms with Crippen molar-refractivity contribution in [3.8, 4) is 10.6 Å². The van der Waals surface area contributed by atoms with E-state index in [9.17, 15) is 9.59 Å². The highest BCUT2D eigenvalue weighted by molar-refractivity contribution is 7.13. The van der Waals surface area contributed by atoms with Gasteiger partial charge in [0.2, 0.25) is 5.84 Å². The van der Waals surface area contributed by atoms with E-state index in [0.29, 0.717) is 11.4 Å². The van der Waals surface area contributed by atoms with Crippen molar-refractivity contribution in [3.63, 3.8) is 0 Å². The van der Waals surface area contributed by atoms with Gasteiger partial charge in [-0.25, -0.2) is 15.0 Å².